The predicted molar refractivity (Wildman–Crippen MR) is 27.6 cm³/mol. The fourth-order valence-electron chi connectivity index (χ4n) is 0.812. The molecule has 1 saturated heterocycles. The van der Waals surface area contributed by atoms with Gasteiger partial charge in [0.25, 0.3) is 0 Å². The minimum absolute atomic E-state index is 0.113. The SMILES string of the molecule is [CH2]N1CC[C@@H](O)C1. The molecule has 0 aromatic heterocycles. The van der Waals surface area contributed by atoms with Crippen molar-refractivity contribution >= 4 is 0 Å². The van der Waals surface area contributed by atoms with Crippen LogP contribution in [0.3, 0.4) is 0 Å². The summed E-state index contributed by atoms with van der Waals surface area (Å²) in [7, 11) is 3.66. The van der Waals surface area contributed by atoms with Crippen LogP contribution in [0, 0.1) is 7.05 Å². The number of aliphatic hydroxyl groups is 1. The van der Waals surface area contributed by atoms with E-state index < -0.39 is 0 Å². The fraction of sp³-hybridized carbons (Fsp3) is 0.800. The van der Waals surface area contributed by atoms with E-state index in [2.05, 4.69) is 7.05 Å². The highest BCUT2D eigenvalue weighted by molar-refractivity contribution is 4.72. The Morgan fingerprint density at radius 2 is 2.43 bits per heavy atom. The van der Waals surface area contributed by atoms with Gasteiger partial charge >= 0.3 is 0 Å². The first kappa shape index (κ1) is 5.06. The van der Waals surface area contributed by atoms with Gasteiger partial charge in [0.1, 0.15) is 0 Å². The average molecular weight is 100 g/mol. The molecule has 0 saturated carbocycles. The highest BCUT2D eigenvalue weighted by atomic mass is 16.3. The third-order valence-electron chi connectivity index (χ3n) is 1.25. The molecule has 1 fully saturated rings. The number of aliphatic hydroxyl groups excluding tert-OH is 1. The highest BCUT2D eigenvalue weighted by Crippen LogP contribution is 2.05. The van der Waals surface area contributed by atoms with Crippen LogP contribution in [-0.4, -0.2) is 29.2 Å². The molecule has 0 amide bonds. The molecule has 0 aromatic rings. The van der Waals surface area contributed by atoms with Crippen molar-refractivity contribution in [2.24, 2.45) is 0 Å². The number of β-amino-alcohol motifs (C(OH)–C–C–N with tert-alkyl or cyclic N) is 1. The van der Waals surface area contributed by atoms with Gasteiger partial charge < -0.3 is 5.11 Å². The van der Waals surface area contributed by atoms with Crippen LogP contribution in [0.5, 0.6) is 0 Å². The van der Waals surface area contributed by atoms with Crippen LogP contribution in [0.2, 0.25) is 0 Å². The molecule has 1 radical (unpaired) electrons. The summed E-state index contributed by atoms with van der Waals surface area (Å²) in [5.74, 6) is 0. The zero-order chi connectivity index (χ0) is 5.28. The minimum Gasteiger partial charge on any atom is -0.392 e. The van der Waals surface area contributed by atoms with Crippen molar-refractivity contribution in [2.75, 3.05) is 13.1 Å². The molecular formula is C5H10NO. The van der Waals surface area contributed by atoms with E-state index in [1.54, 1.807) is 0 Å². The topological polar surface area (TPSA) is 23.5 Å². The first-order chi connectivity index (χ1) is 3.29. The van der Waals surface area contributed by atoms with Gasteiger partial charge in [-0.3, -0.25) is 4.90 Å². The van der Waals surface area contributed by atoms with Crippen molar-refractivity contribution in [3.63, 3.8) is 0 Å². The predicted octanol–water partition coefficient (Wildman–Crippen LogP) is -0.155. The lowest BCUT2D eigenvalue weighted by atomic mass is 10.3. The number of likely N-dealkylation sites (tertiary alicyclic amines) is 1. The molecule has 0 aliphatic carbocycles. The Hall–Kier alpha value is -0.0800. The molecule has 2 heteroatoms. The van der Waals surface area contributed by atoms with Crippen molar-refractivity contribution in [3.05, 3.63) is 7.05 Å². The molecule has 1 aliphatic rings. The van der Waals surface area contributed by atoms with E-state index in [1.807, 2.05) is 4.90 Å². The van der Waals surface area contributed by atoms with Crippen molar-refractivity contribution in [2.45, 2.75) is 12.5 Å². The fourth-order valence-corrected chi connectivity index (χ4v) is 0.812. The molecule has 2 nitrogen and oxygen atoms in total. The summed E-state index contributed by atoms with van der Waals surface area (Å²) in [6, 6.07) is 0. The molecule has 0 unspecified atom stereocenters. The summed E-state index contributed by atoms with van der Waals surface area (Å²) in [6.07, 6.45) is 0.779. The van der Waals surface area contributed by atoms with Gasteiger partial charge in [-0.25, -0.2) is 0 Å². The molecule has 1 aliphatic heterocycles. The first-order valence-corrected chi connectivity index (χ1v) is 2.52. The molecule has 1 rings (SSSR count). The molecule has 0 bridgehead atoms. The van der Waals surface area contributed by atoms with Crippen molar-refractivity contribution in [1.82, 2.24) is 4.90 Å². The molecule has 0 aromatic carbocycles. The lowest BCUT2D eigenvalue weighted by Gasteiger charge is -2.02. The van der Waals surface area contributed by atoms with E-state index >= 15 is 0 Å². The molecule has 7 heavy (non-hydrogen) atoms. The van der Waals surface area contributed by atoms with Crippen LogP contribution < -0.4 is 0 Å². The number of rotatable bonds is 0. The van der Waals surface area contributed by atoms with E-state index in [0.29, 0.717) is 0 Å². The smallest absolute Gasteiger partial charge is 0.0679 e. The monoisotopic (exact) mass is 100 g/mol. The third-order valence-corrected chi connectivity index (χ3v) is 1.25. The Morgan fingerprint density at radius 1 is 1.71 bits per heavy atom. The summed E-state index contributed by atoms with van der Waals surface area (Å²) in [4.78, 5) is 1.88. The van der Waals surface area contributed by atoms with Crippen LogP contribution in [0.15, 0.2) is 0 Å². The maximum atomic E-state index is 8.82. The van der Waals surface area contributed by atoms with Gasteiger partial charge in [-0.2, -0.15) is 0 Å². The largest absolute Gasteiger partial charge is 0.392 e. The zero-order valence-electron chi connectivity index (χ0n) is 4.30. The second-order valence-corrected chi connectivity index (χ2v) is 2.02. The third kappa shape index (κ3) is 1.14. The summed E-state index contributed by atoms with van der Waals surface area (Å²) >= 11 is 0. The van der Waals surface area contributed by atoms with Crippen LogP contribution in [0.4, 0.5) is 0 Å². The molecule has 0 spiro atoms. The molecule has 1 N–H and O–H groups in total. The Kier molecular flexibility index (Phi) is 1.30. The van der Waals surface area contributed by atoms with Crippen LogP contribution >= 0.6 is 0 Å². The van der Waals surface area contributed by atoms with Gasteiger partial charge in [0, 0.05) is 20.1 Å². The number of hydrogen-bond acceptors (Lipinski definition) is 2. The summed E-state index contributed by atoms with van der Waals surface area (Å²) in [6.45, 7) is 1.70. The lowest BCUT2D eigenvalue weighted by Crippen LogP contribution is -2.13. The number of hydrogen-bond donors (Lipinski definition) is 1. The van der Waals surface area contributed by atoms with Crippen molar-refractivity contribution in [3.8, 4) is 0 Å². The molecule has 41 valence electrons. The zero-order valence-corrected chi connectivity index (χ0v) is 4.30. The Morgan fingerprint density at radius 3 is 2.57 bits per heavy atom. The van der Waals surface area contributed by atoms with Gasteiger partial charge in [-0.1, -0.05) is 0 Å². The molecule has 1 heterocycles. The van der Waals surface area contributed by atoms with E-state index in [0.717, 1.165) is 19.5 Å². The first-order valence-electron chi connectivity index (χ1n) is 2.52. The van der Waals surface area contributed by atoms with Gasteiger partial charge in [-0.15, -0.1) is 0 Å². The van der Waals surface area contributed by atoms with E-state index in [-0.39, 0.29) is 6.10 Å². The summed E-state index contributed by atoms with van der Waals surface area (Å²) < 4.78 is 0. The average Bonchev–Trinajstić information content (AvgIpc) is 1.87. The van der Waals surface area contributed by atoms with Gasteiger partial charge in [0.15, 0.2) is 0 Å². The minimum atomic E-state index is -0.113. The number of nitrogens with zero attached hydrogens (tertiary/aromatic N) is 1. The van der Waals surface area contributed by atoms with E-state index in [9.17, 15) is 0 Å². The van der Waals surface area contributed by atoms with Crippen molar-refractivity contribution < 1.29 is 5.11 Å². The van der Waals surface area contributed by atoms with Crippen LogP contribution in [0.1, 0.15) is 6.42 Å². The summed E-state index contributed by atoms with van der Waals surface area (Å²) in [5, 5.41) is 8.82. The quantitative estimate of drug-likeness (QED) is 0.457. The van der Waals surface area contributed by atoms with Gasteiger partial charge in [-0.05, 0) is 6.42 Å². The maximum absolute atomic E-state index is 8.82. The second kappa shape index (κ2) is 1.80. The lowest BCUT2D eigenvalue weighted by molar-refractivity contribution is 0.185. The molecular weight excluding hydrogens is 90.1 g/mol. The van der Waals surface area contributed by atoms with Crippen LogP contribution in [-0.2, 0) is 0 Å². The highest BCUT2D eigenvalue weighted by Gasteiger charge is 2.15. The Balaban J connectivity index is 2.26. The Labute approximate surface area is 43.7 Å². The maximum Gasteiger partial charge on any atom is 0.0679 e. The van der Waals surface area contributed by atoms with Crippen molar-refractivity contribution in [1.29, 1.82) is 0 Å². The second-order valence-electron chi connectivity index (χ2n) is 2.02. The van der Waals surface area contributed by atoms with Gasteiger partial charge in [0.05, 0.1) is 6.10 Å². The van der Waals surface area contributed by atoms with Crippen LogP contribution in [0.25, 0.3) is 0 Å². The normalized spacial score (nSPS) is 34.3. The standard InChI is InChI=1S/C5H10NO/c1-6-3-2-5(7)4-6/h5,7H,1-4H2/t5-/m1/s1. The summed E-state index contributed by atoms with van der Waals surface area (Å²) in [5.41, 5.74) is 0. The van der Waals surface area contributed by atoms with E-state index in [1.165, 1.54) is 0 Å². The Bertz CT molecular complexity index is 57.1. The van der Waals surface area contributed by atoms with E-state index in [4.69, 9.17) is 5.11 Å². The van der Waals surface area contributed by atoms with Gasteiger partial charge in [0.2, 0.25) is 0 Å². The molecule has 1 atom stereocenters.